The van der Waals surface area contributed by atoms with Crippen LogP contribution in [0.15, 0.2) is 18.2 Å². The highest BCUT2D eigenvalue weighted by Crippen LogP contribution is 2.21. The summed E-state index contributed by atoms with van der Waals surface area (Å²) in [5.41, 5.74) is 5.76. The first kappa shape index (κ1) is 10.9. The Balaban J connectivity index is 2.24. The third-order valence-electron chi connectivity index (χ3n) is 2.58. The smallest absolute Gasteiger partial charge is 0.248 e. The first-order valence-electron chi connectivity index (χ1n) is 5.10. The molecule has 1 amide bonds. The van der Waals surface area contributed by atoms with Crippen LogP contribution < -0.4 is 10.6 Å². The third-order valence-corrected chi connectivity index (χ3v) is 2.58. The zero-order valence-corrected chi connectivity index (χ0v) is 8.78. The maximum absolute atomic E-state index is 13.7. The Bertz CT molecular complexity index is 403. The second-order valence-corrected chi connectivity index (χ2v) is 3.63. The lowest BCUT2D eigenvalue weighted by Crippen LogP contribution is -2.36. The number of hydrogen-bond acceptors (Lipinski definition) is 3. The summed E-state index contributed by atoms with van der Waals surface area (Å²) in [4.78, 5) is 12.8. The monoisotopic (exact) mass is 224 g/mol. The molecule has 1 aromatic carbocycles. The van der Waals surface area contributed by atoms with Crippen LogP contribution in [0, 0.1) is 5.82 Å². The standard InChI is InChI=1S/C11H13FN2O2/c12-9-7-8(11(13)15)1-2-10(9)14-3-5-16-6-4-14/h1-2,7H,3-6H2,(H2,13,15). The zero-order valence-electron chi connectivity index (χ0n) is 8.78. The predicted octanol–water partition coefficient (Wildman–Crippen LogP) is 0.761. The molecule has 2 N–H and O–H groups in total. The number of ether oxygens (including phenoxy) is 1. The van der Waals surface area contributed by atoms with Gasteiger partial charge in [0, 0.05) is 18.7 Å². The van der Waals surface area contributed by atoms with Gasteiger partial charge in [-0.1, -0.05) is 0 Å². The fourth-order valence-electron chi connectivity index (χ4n) is 1.72. The SMILES string of the molecule is NC(=O)c1ccc(N2CCOCC2)c(F)c1. The Morgan fingerprint density at radius 2 is 2.06 bits per heavy atom. The average Bonchev–Trinajstić information content (AvgIpc) is 2.30. The molecule has 1 fully saturated rings. The molecule has 1 aliphatic heterocycles. The van der Waals surface area contributed by atoms with E-state index in [1.54, 1.807) is 6.07 Å². The van der Waals surface area contributed by atoms with E-state index in [2.05, 4.69) is 0 Å². The van der Waals surface area contributed by atoms with Crippen LogP contribution in [0.2, 0.25) is 0 Å². The van der Waals surface area contributed by atoms with Gasteiger partial charge in [-0.15, -0.1) is 0 Å². The molecule has 1 aliphatic rings. The highest BCUT2D eigenvalue weighted by atomic mass is 19.1. The van der Waals surface area contributed by atoms with Crippen molar-refractivity contribution in [3.63, 3.8) is 0 Å². The first-order valence-corrected chi connectivity index (χ1v) is 5.10. The second-order valence-electron chi connectivity index (χ2n) is 3.63. The van der Waals surface area contributed by atoms with Gasteiger partial charge in [0.1, 0.15) is 5.82 Å². The Labute approximate surface area is 92.8 Å². The minimum Gasteiger partial charge on any atom is -0.378 e. The van der Waals surface area contributed by atoms with Gasteiger partial charge >= 0.3 is 0 Å². The number of carbonyl (C=O) groups excluding carboxylic acids is 1. The van der Waals surface area contributed by atoms with Crippen molar-refractivity contribution < 1.29 is 13.9 Å². The first-order chi connectivity index (χ1) is 7.68. The van der Waals surface area contributed by atoms with E-state index in [9.17, 15) is 9.18 Å². The van der Waals surface area contributed by atoms with Crippen LogP contribution in [0.1, 0.15) is 10.4 Å². The molecule has 0 aromatic heterocycles. The van der Waals surface area contributed by atoms with E-state index < -0.39 is 11.7 Å². The number of rotatable bonds is 2. The van der Waals surface area contributed by atoms with Gasteiger partial charge in [-0.05, 0) is 18.2 Å². The topological polar surface area (TPSA) is 55.6 Å². The summed E-state index contributed by atoms with van der Waals surface area (Å²) in [5, 5.41) is 0. The molecule has 4 nitrogen and oxygen atoms in total. The Kier molecular flexibility index (Phi) is 3.05. The summed E-state index contributed by atoms with van der Waals surface area (Å²) in [5.74, 6) is -1.04. The molecule has 0 spiro atoms. The van der Waals surface area contributed by atoms with E-state index in [0.29, 0.717) is 32.0 Å². The lowest BCUT2D eigenvalue weighted by atomic mass is 10.1. The molecule has 16 heavy (non-hydrogen) atoms. The molecule has 1 saturated heterocycles. The number of benzene rings is 1. The number of anilines is 1. The Hall–Kier alpha value is -1.62. The van der Waals surface area contributed by atoms with Crippen molar-refractivity contribution in [1.82, 2.24) is 0 Å². The molecule has 0 radical (unpaired) electrons. The molecular weight excluding hydrogens is 211 g/mol. The highest BCUT2D eigenvalue weighted by Gasteiger charge is 2.15. The lowest BCUT2D eigenvalue weighted by molar-refractivity contribution is 0.0999. The normalized spacial score (nSPS) is 16.2. The molecule has 86 valence electrons. The maximum atomic E-state index is 13.7. The summed E-state index contributed by atoms with van der Waals surface area (Å²) in [7, 11) is 0. The van der Waals surface area contributed by atoms with Crippen LogP contribution in [0.5, 0.6) is 0 Å². The Morgan fingerprint density at radius 3 is 2.62 bits per heavy atom. The van der Waals surface area contributed by atoms with Gasteiger partial charge in [0.2, 0.25) is 5.91 Å². The molecule has 0 aliphatic carbocycles. The van der Waals surface area contributed by atoms with Crippen LogP contribution in [-0.4, -0.2) is 32.2 Å². The molecule has 0 bridgehead atoms. The summed E-state index contributed by atoms with van der Waals surface area (Å²) in [6.45, 7) is 2.51. The van der Waals surface area contributed by atoms with Crippen LogP contribution in [-0.2, 0) is 4.74 Å². The van der Waals surface area contributed by atoms with Crippen molar-refractivity contribution >= 4 is 11.6 Å². The number of primary amides is 1. The van der Waals surface area contributed by atoms with Gasteiger partial charge in [-0.2, -0.15) is 0 Å². The molecule has 1 heterocycles. The molecule has 0 saturated carbocycles. The lowest BCUT2D eigenvalue weighted by Gasteiger charge is -2.29. The zero-order chi connectivity index (χ0) is 11.5. The maximum Gasteiger partial charge on any atom is 0.248 e. The predicted molar refractivity (Wildman–Crippen MR) is 57.9 cm³/mol. The van der Waals surface area contributed by atoms with Gasteiger partial charge in [-0.3, -0.25) is 4.79 Å². The van der Waals surface area contributed by atoms with Gasteiger partial charge in [-0.25, -0.2) is 4.39 Å². The Morgan fingerprint density at radius 1 is 1.38 bits per heavy atom. The van der Waals surface area contributed by atoms with Crippen molar-refractivity contribution in [3.05, 3.63) is 29.6 Å². The van der Waals surface area contributed by atoms with Crippen molar-refractivity contribution in [2.45, 2.75) is 0 Å². The van der Waals surface area contributed by atoms with Crippen molar-refractivity contribution in [2.75, 3.05) is 31.2 Å². The fourth-order valence-corrected chi connectivity index (χ4v) is 1.72. The van der Waals surface area contributed by atoms with E-state index in [0.717, 1.165) is 0 Å². The van der Waals surface area contributed by atoms with Gasteiger partial charge in [0.05, 0.1) is 18.9 Å². The van der Waals surface area contributed by atoms with E-state index in [-0.39, 0.29) is 5.56 Å². The summed E-state index contributed by atoms with van der Waals surface area (Å²) in [6, 6.07) is 4.30. The number of carbonyl (C=O) groups is 1. The summed E-state index contributed by atoms with van der Waals surface area (Å²) >= 11 is 0. The van der Waals surface area contributed by atoms with Gasteiger partial charge in [0.25, 0.3) is 0 Å². The number of nitrogens with zero attached hydrogens (tertiary/aromatic N) is 1. The van der Waals surface area contributed by atoms with Crippen molar-refractivity contribution in [3.8, 4) is 0 Å². The van der Waals surface area contributed by atoms with Crippen molar-refractivity contribution in [2.24, 2.45) is 5.73 Å². The van der Waals surface area contributed by atoms with E-state index in [1.165, 1.54) is 12.1 Å². The van der Waals surface area contributed by atoms with Gasteiger partial charge in [0.15, 0.2) is 0 Å². The highest BCUT2D eigenvalue weighted by molar-refractivity contribution is 5.93. The minimum atomic E-state index is -0.618. The largest absolute Gasteiger partial charge is 0.378 e. The quantitative estimate of drug-likeness (QED) is 0.807. The number of hydrogen-bond donors (Lipinski definition) is 1. The number of nitrogens with two attached hydrogens (primary N) is 1. The molecule has 0 atom stereocenters. The van der Waals surface area contributed by atoms with Crippen molar-refractivity contribution in [1.29, 1.82) is 0 Å². The second kappa shape index (κ2) is 4.49. The minimum absolute atomic E-state index is 0.189. The van der Waals surface area contributed by atoms with E-state index >= 15 is 0 Å². The van der Waals surface area contributed by atoms with E-state index in [1.807, 2.05) is 4.90 Å². The van der Waals surface area contributed by atoms with Gasteiger partial charge < -0.3 is 15.4 Å². The summed E-state index contributed by atoms with van der Waals surface area (Å²) < 4.78 is 18.9. The molecule has 0 unspecified atom stereocenters. The number of amides is 1. The third kappa shape index (κ3) is 2.14. The fraction of sp³-hybridized carbons (Fsp3) is 0.364. The average molecular weight is 224 g/mol. The van der Waals surface area contributed by atoms with Crippen LogP contribution in [0.25, 0.3) is 0 Å². The molecule has 5 heteroatoms. The van der Waals surface area contributed by atoms with Crippen LogP contribution in [0.4, 0.5) is 10.1 Å². The summed E-state index contributed by atoms with van der Waals surface area (Å²) in [6.07, 6.45) is 0. The number of morpholine rings is 1. The molecular formula is C11H13FN2O2. The molecule has 1 aromatic rings. The molecule has 2 rings (SSSR count). The van der Waals surface area contributed by atoms with Crippen LogP contribution in [0.3, 0.4) is 0 Å². The van der Waals surface area contributed by atoms with Crippen LogP contribution >= 0.6 is 0 Å². The van der Waals surface area contributed by atoms with E-state index in [4.69, 9.17) is 10.5 Å². The number of halogens is 1.